The molecule has 0 heterocycles. The molecular formula is C16H16FN3O2. The summed E-state index contributed by atoms with van der Waals surface area (Å²) in [5.41, 5.74) is 7.45. The normalized spacial score (nSPS) is 10.1. The lowest BCUT2D eigenvalue weighted by Crippen LogP contribution is -2.28. The van der Waals surface area contributed by atoms with Crippen LogP contribution in [0.1, 0.15) is 21.5 Å². The molecule has 2 rings (SSSR count). The summed E-state index contributed by atoms with van der Waals surface area (Å²) < 4.78 is 13.2. The third-order valence-corrected chi connectivity index (χ3v) is 3.13. The lowest BCUT2D eigenvalue weighted by atomic mass is 10.1. The molecule has 0 aliphatic rings. The summed E-state index contributed by atoms with van der Waals surface area (Å²) in [6, 6.07) is 10.3. The fourth-order valence-corrected chi connectivity index (χ4v) is 1.89. The largest absolute Gasteiger partial charge is 0.352 e. The van der Waals surface area contributed by atoms with Gasteiger partial charge < -0.3 is 16.4 Å². The smallest absolute Gasteiger partial charge is 0.312 e. The first kappa shape index (κ1) is 15.5. The molecule has 0 spiro atoms. The highest BCUT2D eigenvalue weighted by Crippen LogP contribution is 2.17. The molecule has 0 aliphatic carbocycles. The number of rotatable bonds is 4. The Hall–Kier alpha value is -2.89. The van der Waals surface area contributed by atoms with Crippen LogP contribution in [0.4, 0.5) is 14.9 Å². The fraction of sp³-hybridized carbons (Fsp3) is 0.125. The van der Waals surface area contributed by atoms with Gasteiger partial charge in [0, 0.05) is 17.8 Å². The molecule has 0 radical (unpaired) electrons. The van der Waals surface area contributed by atoms with Crippen LogP contribution in [-0.4, -0.2) is 11.9 Å². The predicted molar refractivity (Wildman–Crippen MR) is 82.0 cm³/mol. The van der Waals surface area contributed by atoms with Crippen molar-refractivity contribution in [3.8, 4) is 0 Å². The zero-order chi connectivity index (χ0) is 16.1. The van der Waals surface area contributed by atoms with Crippen LogP contribution < -0.4 is 16.4 Å². The number of halogens is 1. The molecule has 0 atom stereocenters. The Morgan fingerprint density at radius 2 is 1.82 bits per heavy atom. The van der Waals surface area contributed by atoms with E-state index in [0.29, 0.717) is 17.8 Å². The molecule has 114 valence electrons. The molecular weight excluding hydrogens is 285 g/mol. The number of anilines is 1. The summed E-state index contributed by atoms with van der Waals surface area (Å²) >= 11 is 0. The highest BCUT2D eigenvalue weighted by Gasteiger charge is 2.08. The number of nitrogens with one attached hydrogen (secondary N) is 2. The number of hydrogen-bond acceptors (Lipinski definition) is 2. The van der Waals surface area contributed by atoms with Crippen LogP contribution in [0.25, 0.3) is 0 Å². The van der Waals surface area contributed by atoms with E-state index >= 15 is 0 Å². The van der Waals surface area contributed by atoms with E-state index in [9.17, 15) is 14.0 Å². The quantitative estimate of drug-likeness (QED) is 0.811. The van der Waals surface area contributed by atoms with E-state index in [1.54, 1.807) is 37.3 Å². The second kappa shape index (κ2) is 6.71. The average molecular weight is 301 g/mol. The summed E-state index contributed by atoms with van der Waals surface area (Å²) in [7, 11) is 0. The standard InChI is InChI=1S/C16H16FN3O2/c1-10-2-7-13(17)8-14(10)20-15(21)12-5-3-11(4-6-12)9-19-16(18)22/h2-8H,9H2,1H3,(H,20,21)(H3,18,19,22). The van der Waals surface area contributed by atoms with E-state index in [-0.39, 0.29) is 5.91 Å². The van der Waals surface area contributed by atoms with Crippen molar-refractivity contribution in [2.24, 2.45) is 5.73 Å². The highest BCUT2D eigenvalue weighted by atomic mass is 19.1. The van der Waals surface area contributed by atoms with Crippen molar-refractivity contribution in [2.75, 3.05) is 5.32 Å². The number of carbonyl (C=O) groups excluding carboxylic acids is 2. The van der Waals surface area contributed by atoms with Gasteiger partial charge in [-0.1, -0.05) is 18.2 Å². The number of nitrogens with two attached hydrogens (primary N) is 1. The van der Waals surface area contributed by atoms with Crippen molar-refractivity contribution in [1.82, 2.24) is 5.32 Å². The molecule has 3 amide bonds. The number of amides is 3. The minimum atomic E-state index is -0.608. The van der Waals surface area contributed by atoms with E-state index in [1.807, 2.05) is 0 Å². The molecule has 0 aromatic heterocycles. The van der Waals surface area contributed by atoms with Gasteiger partial charge >= 0.3 is 6.03 Å². The number of carbonyl (C=O) groups is 2. The van der Waals surface area contributed by atoms with Gasteiger partial charge in [0.05, 0.1) is 0 Å². The first-order chi connectivity index (χ1) is 10.5. The molecule has 0 aliphatic heterocycles. The van der Waals surface area contributed by atoms with Crippen LogP contribution in [0.5, 0.6) is 0 Å². The van der Waals surface area contributed by atoms with Crippen LogP contribution in [0.3, 0.4) is 0 Å². The second-order valence-corrected chi connectivity index (χ2v) is 4.83. The van der Waals surface area contributed by atoms with Crippen LogP contribution in [0.15, 0.2) is 42.5 Å². The molecule has 22 heavy (non-hydrogen) atoms. The number of hydrogen-bond donors (Lipinski definition) is 3. The fourth-order valence-electron chi connectivity index (χ4n) is 1.89. The maximum atomic E-state index is 13.2. The molecule has 2 aromatic carbocycles. The van der Waals surface area contributed by atoms with Gasteiger partial charge in [0.25, 0.3) is 5.91 Å². The molecule has 0 saturated carbocycles. The first-order valence-electron chi connectivity index (χ1n) is 6.65. The molecule has 6 heteroatoms. The van der Waals surface area contributed by atoms with E-state index in [4.69, 9.17) is 5.73 Å². The minimum absolute atomic E-state index is 0.292. The third-order valence-electron chi connectivity index (χ3n) is 3.13. The van der Waals surface area contributed by atoms with Crippen molar-refractivity contribution in [1.29, 1.82) is 0 Å². The first-order valence-corrected chi connectivity index (χ1v) is 6.65. The summed E-state index contributed by atoms with van der Waals surface area (Å²) in [5.74, 6) is -0.739. The lowest BCUT2D eigenvalue weighted by Gasteiger charge is -2.09. The monoisotopic (exact) mass is 301 g/mol. The van der Waals surface area contributed by atoms with Gasteiger partial charge in [0.1, 0.15) is 5.82 Å². The van der Waals surface area contributed by atoms with Crippen molar-refractivity contribution in [3.63, 3.8) is 0 Å². The lowest BCUT2D eigenvalue weighted by molar-refractivity contribution is 0.102. The summed E-state index contributed by atoms with van der Waals surface area (Å²) in [6.45, 7) is 2.08. The van der Waals surface area contributed by atoms with Crippen molar-refractivity contribution in [2.45, 2.75) is 13.5 Å². The Morgan fingerprint density at radius 1 is 1.14 bits per heavy atom. The minimum Gasteiger partial charge on any atom is -0.352 e. The number of aryl methyl sites for hydroxylation is 1. The molecule has 4 N–H and O–H groups in total. The van der Waals surface area contributed by atoms with Gasteiger partial charge in [-0.25, -0.2) is 9.18 Å². The van der Waals surface area contributed by atoms with Gasteiger partial charge in [-0.2, -0.15) is 0 Å². The number of primary amides is 1. The van der Waals surface area contributed by atoms with E-state index in [1.165, 1.54) is 12.1 Å². The maximum absolute atomic E-state index is 13.2. The Balaban J connectivity index is 2.06. The zero-order valence-corrected chi connectivity index (χ0v) is 12.0. The topological polar surface area (TPSA) is 84.2 Å². The molecule has 5 nitrogen and oxygen atoms in total. The third kappa shape index (κ3) is 4.05. The SMILES string of the molecule is Cc1ccc(F)cc1NC(=O)c1ccc(CNC(N)=O)cc1. The molecule has 0 bridgehead atoms. The zero-order valence-electron chi connectivity index (χ0n) is 12.0. The average Bonchev–Trinajstić information content (AvgIpc) is 2.49. The second-order valence-electron chi connectivity index (χ2n) is 4.83. The van der Waals surface area contributed by atoms with Gasteiger partial charge in [0.2, 0.25) is 0 Å². The van der Waals surface area contributed by atoms with Crippen molar-refractivity contribution < 1.29 is 14.0 Å². The Kier molecular flexibility index (Phi) is 4.73. The van der Waals surface area contributed by atoms with Gasteiger partial charge in [-0.3, -0.25) is 4.79 Å². The van der Waals surface area contributed by atoms with E-state index < -0.39 is 11.8 Å². The van der Waals surface area contributed by atoms with Crippen LogP contribution in [0.2, 0.25) is 0 Å². The predicted octanol–water partition coefficient (Wildman–Crippen LogP) is 2.55. The van der Waals surface area contributed by atoms with Crippen LogP contribution >= 0.6 is 0 Å². The maximum Gasteiger partial charge on any atom is 0.312 e. The Bertz CT molecular complexity index is 699. The molecule has 0 unspecified atom stereocenters. The van der Waals surface area contributed by atoms with Crippen molar-refractivity contribution >= 4 is 17.6 Å². The van der Waals surface area contributed by atoms with Gasteiger partial charge in [0.15, 0.2) is 0 Å². The molecule has 2 aromatic rings. The number of urea groups is 1. The molecule has 0 fully saturated rings. The van der Waals surface area contributed by atoms with Crippen LogP contribution in [-0.2, 0) is 6.54 Å². The van der Waals surface area contributed by atoms with Crippen LogP contribution in [0, 0.1) is 12.7 Å². The number of benzene rings is 2. The van der Waals surface area contributed by atoms with E-state index in [0.717, 1.165) is 11.1 Å². The Labute approximate surface area is 127 Å². The van der Waals surface area contributed by atoms with Gasteiger partial charge in [-0.05, 0) is 42.3 Å². The molecule has 0 saturated heterocycles. The highest BCUT2D eigenvalue weighted by molar-refractivity contribution is 6.04. The summed E-state index contributed by atoms with van der Waals surface area (Å²) in [5, 5.41) is 5.13. The summed E-state index contributed by atoms with van der Waals surface area (Å²) in [4.78, 5) is 22.8. The Morgan fingerprint density at radius 3 is 2.45 bits per heavy atom. The van der Waals surface area contributed by atoms with E-state index in [2.05, 4.69) is 10.6 Å². The summed E-state index contributed by atoms with van der Waals surface area (Å²) in [6.07, 6.45) is 0. The van der Waals surface area contributed by atoms with Crippen molar-refractivity contribution in [3.05, 3.63) is 65.0 Å². The van der Waals surface area contributed by atoms with Gasteiger partial charge in [-0.15, -0.1) is 0 Å².